The molecule has 3 atom stereocenters. The van der Waals surface area contributed by atoms with E-state index in [0.717, 1.165) is 24.6 Å². The quantitative estimate of drug-likeness (QED) is 0.756. The molecule has 2 aliphatic rings. The van der Waals surface area contributed by atoms with E-state index in [4.69, 9.17) is 0 Å². The average molecular weight is 216 g/mol. The monoisotopic (exact) mass is 216 g/mol. The number of hydrogen-bond acceptors (Lipinski definition) is 3. The van der Waals surface area contributed by atoms with Crippen LogP contribution in [0.1, 0.15) is 31.5 Å². The Morgan fingerprint density at radius 3 is 3.00 bits per heavy atom. The minimum absolute atomic E-state index is 0.149. The second-order valence-electron chi connectivity index (χ2n) is 5.32. The molecule has 2 fully saturated rings. The molecule has 1 heterocycles. The fourth-order valence-corrected chi connectivity index (χ4v) is 3.60. The molecule has 0 aromatic carbocycles. The molecule has 3 unspecified atom stereocenters. The van der Waals surface area contributed by atoms with Crippen molar-refractivity contribution in [3.8, 4) is 6.07 Å². The summed E-state index contributed by atoms with van der Waals surface area (Å²) in [5.41, 5.74) is -0.149. The summed E-state index contributed by atoms with van der Waals surface area (Å²) in [5, 5.41) is 13.6. The second kappa shape index (κ2) is 3.31. The fourth-order valence-electron chi connectivity index (χ4n) is 3.60. The first-order valence-electron chi connectivity index (χ1n) is 5.98. The molecule has 0 spiro atoms. The summed E-state index contributed by atoms with van der Waals surface area (Å²) < 4.78 is 1.80. The summed E-state index contributed by atoms with van der Waals surface area (Å²) in [6.07, 6.45) is 7.24. The van der Waals surface area contributed by atoms with Crippen molar-refractivity contribution in [2.24, 2.45) is 24.3 Å². The molecule has 1 aromatic heterocycles. The van der Waals surface area contributed by atoms with Crippen molar-refractivity contribution in [2.45, 2.75) is 32.1 Å². The van der Waals surface area contributed by atoms with Crippen molar-refractivity contribution < 1.29 is 0 Å². The third kappa shape index (κ3) is 1.27. The third-order valence-corrected chi connectivity index (χ3v) is 4.48. The number of fused-ring (bicyclic) bond motifs is 2. The predicted molar refractivity (Wildman–Crippen MR) is 58.2 cm³/mol. The highest BCUT2D eigenvalue weighted by Crippen LogP contribution is 2.56. The van der Waals surface area contributed by atoms with Crippen LogP contribution >= 0.6 is 0 Å². The van der Waals surface area contributed by atoms with Gasteiger partial charge in [-0.05, 0) is 31.1 Å². The fraction of sp³-hybridized carbons (Fsp3) is 0.750. The van der Waals surface area contributed by atoms with Crippen molar-refractivity contribution in [2.75, 3.05) is 0 Å². The van der Waals surface area contributed by atoms with E-state index in [1.165, 1.54) is 19.3 Å². The highest BCUT2D eigenvalue weighted by atomic mass is 15.3. The van der Waals surface area contributed by atoms with Gasteiger partial charge >= 0.3 is 0 Å². The van der Waals surface area contributed by atoms with E-state index in [9.17, 15) is 5.26 Å². The first-order chi connectivity index (χ1) is 7.73. The lowest BCUT2D eigenvalue weighted by Gasteiger charge is -2.30. The van der Waals surface area contributed by atoms with Crippen LogP contribution in [0.25, 0.3) is 0 Å². The lowest BCUT2D eigenvalue weighted by molar-refractivity contribution is 0.233. The van der Waals surface area contributed by atoms with Gasteiger partial charge in [0.15, 0.2) is 0 Å². The van der Waals surface area contributed by atoms with Crippen LogP contribution in [0.3, 0.4) is 0 Å². The van der Waals surface area contributed by atoms with E-state index in [1.54, 1.807) is 11.0 Å². The predicted octanol–water partition coefficient (Wildman–Crippen LogP) is 1.69. The largest absolute Gasteiger partial charge is 0.253 e. The Morgan fingerprint density at radius 2 is 2.50 bits per heavy atom. The highest BCUT2D eigenvalue weighted by Gasteiger charge is 2.51. The molecule has 4 heteroatoms. The molecular weight excluding hydrogens is 200 g/mol. The number of aryl methyl sites for hydroxylation is 1. The smallest absolute Gasteiger partial charge is 0.138 e. The molecule has 2 aliphatic carbocycles. The van der Waals surface area contributed by atoms with Gasteiger partial charge in [-0.15, -0.1) is 0 Å². The van der Waals surface area contributed by atoms with Crippen molar-refractivity contribution in [1.29, 1.82) is 5.26 Å². The number of hydrogen-bond donors (Lipinski definition) is 0. The number of nitrogens with zero attached hydrogens (tertiary/aromatic N) is 4. The Bertz CT molecular complexity index is 444. The molecular formula is C12H16N4. The van der Waals surface area contributed by atoms with Crippen LogP contribution in [0.2, 0.25) is 0 Å². The van der Waals surface area contributed by atoms with Gasteiger partial charge in [-0.25, -0.2) is 4.98 Å². The molecule has 4 nitrogen and oxygen atoms in total. The van der Waals surface area contributed by atoms with Gasteiger partial charge in [-0.3, -0.25) is 4.68 Å². The minimum Gasteiger partial charge on any atom is -0.253 e. The van der Waals surface area contributed by atoms with Crippen molar-refractivity contribution in [3.05, 3.63) is 12.2 Å². The van der Waals surface area contributed by atoms with E-state index >= 15 is 0 Å². The summed E-state index contributed by atoms with van der Waals surface area (Å²) in [5.74, 6) is 2.34. The molecule has 0 amide bonds. The second-order valence-corrected chi connectivity index (χ2v) is 5.32. The van der Waals surface area contributed by atoms with E-state index < -0.39 is 0 Å². The van der Waals surface area contributed by atoms with Crippen molar-refractivity contribution in [1.82, 2.24) is 14.8 Å². The Balaban J connectivity index is 1.88. The molecule has 0 aliphatic heterocycles. The van der Waals surface area contributed by atoms with Crippen LogP contribution in [0.5, 0.6) is 0 Å². The summed E-state index contributed by atoms with van der Waals surface area (Å²) in [7, 11) is 1.90. The van der Waals surface area contributed by atoms with Gasteiger partial charge in [-0.2, -0.15) is 10.4 Å². The SMILES string of the molecule is Cn1ncnc1CC1(C#N)CC2CCC1C2. The minimum atomic E-state index is -0.149. The van der Waals surface area contributed by atoms with Gasteiger partial charge in [0, 0.05) is 13.5 Å². The molecule has 0 N–H and O–H groups in total. The Kier molecular flexibility index (Phi) is 2.03. The van der Waals surface area contributed by atoms with E-state index in [-0.39, 0.29) is 5.41 Å². The first-order valence-corrected chi connectivity index (χ1v) is 5.98. The van der Waals surface area contributed by atoms with Crippen LogP contribution in [0.4, 0.5) is 0 Å². The lowest BCUT2D eigenvalue weighted by atomic mass is 9.72. The molecule has 2 bridgehead atoms. The number of aromatic nitrogens is 3. The van der Waals surface area contributed by atoms with Crippen LogP contribution in [-0.2, 0) is 13.5 Å². The van der Waals surface area contributed by atoms with Gasteiger partial charge in [0.2, 0.25) is 0 Å². The van der Waals surface area contributed by atoms with Crippen LogP contribution in [0, 0.1) is 28.6 Å². The Labute approximate surface area is 95.3 Å². The molecule has 1 aromatic rings. The van der Waals surface area contributed by atoms with Gasteiger partial charge in [0.05, 0.1) is 11.5 Å². The zero-order valence-corrected chi connectivity index (χ0v) is 9.56. The van der Waals surface area contributed by atoms with Crippen molar-refractivity contribution >= 4 is 0 Å². The van der Waals surface area contributed by atoms with E-state index in [2.05, 4.69) is 16.2 Å². The summed E-state index contributed by atoms with van der Waals surface area (Å²) in [6.45, 7) is 0. The van der Waals surface area contributed by atoms with E-state index in [0.29, 0.717) is 5.92 Å². The zero-order chi connectivity index (χ0) is 11.2. The zero-order valence-electron chi connectivity index (χ0n) is 9.56. The average Bonchev–Trinajstić information content (AvgIpc) is 2.96. The summed E-state index contributed by atoms with van der Waals surface area (Å²) in [6, 6.07) is 2.59. The van der Waals surface area contributed by atoms with Gasteiger partial charge in [0.1, 0.15) is 12.2 Å². The topological polar surface area (TPSA) is 54.5 Å². The Hall–Kier alpha value is -1.37. The van der Waals surface area contributed by atoms with Crippen LogP contribution < -0.4 is 0 Å². The normalized spacial score (nSPS) is 36.5. The van der Waals surface area contributed by atoms with Crippen molar-refractivity contribution in [3.63, 3.8) is 0 Å². The van der Waals surface area contributed by atoms with Gasteiger partial charge in [-0.1, -0.05) is 6.42 Å². The molecule has 3 rings (SSSR count). The molecule has 2 saturated carbocycles. The first kappa shape index (κ1) is 9.83. The van der Waals surface area contributed by atoms with Gasteiger partial charge < -0.3 is 0 Å². The lowest BCUT2D eigenvalue weighted by Crippen LogP contribution is -2.29. The maximum absolute atomic E-state index is 9.52. The maximum Gasteiger partial charge on any atom is 0.138 e. The molecule has 16 heavy (non-hydrogen) atoms. The maximum atomic E-state index is 9.52. The molecule has 84 valence electrons. The summed E-state index contributed by atoms with van der Waals surface area (Å²) >= 11 is 0. The molecule has 0 saturated heterocycles. The number of nitriles is 1. The molecule has 0 radical (unpaired) electrons. The third-order valence-electron chi connectivity index (χ3n) is 4.48. The highest BCUT2D eigenvalue weighted by molar-refractivity contribution is 5.15. The standard InChI is InChI=1S/C12H16N4/c1-16-11(14-8-15-16)6-12(7-13)5-9-2-3-10(12)4-9/h8-10H,2-6H2,1H3. The summed E-state index contributed by atoms with van der Waals surface area (Å²) in [4.78, 5) is 4.26. The van der Waals surface area contributed by atoms with Crippen LogP contribution in [0.15, 0.2) is 6.33 Å². The van der Waals surface area contributed by atoms with Gasteiger partial charge in [0.25, 0.3) is 0 Å². The van der Waals surface area contributed by atoms with E-state index in [1.807, 2.05) is 7.05 Å². The number of rotatable bonds is 2. The Morgan fingerprint density at radius 1 is 1.62 bits per heavy atom. The van der Waals surface area contributed by atoms with Crippen LogP contribution in [-0.4, -0.2) is 14.8 Å².